The fourth-order valence-electron chi connectivity index (χ4n) is 7.14. The van der Waals surface area contributed by atoms with Crippen LogP contribution in [0.1, 0.15) is 68.3 Å². The summed E-state index contributed by atoms with van der Waals surface area (Å²) >= 11 is 0. The normalized spacial score (nSPS) is 32.5. The molecule has 2 aromatic rings. The van der Waals surface area contributed by atoms with E-state index in [2.05, 4.69) is 10.3 Å². The maximum absolute atomic E-state index is 13.6. The van der Waals surface area contributed by atoms with E-state index in [1.807, 2.05) is 45.1 Å². The third kappa shape index (κ3) is 7.08. The van der Waals surface area contributed by atoms with Gasteiger partial charge in [0, 0.05) is 42.5 Å². The second-order valence-corrected chi connectivity index (χ2v) is 13.2. The number of cyclic esters (lactones) is 1. The fraction of sp³-hybridized carbons (Fsp3) is 0.528. The van der Waals surface area contributed by atoms with Crippen molar-refractivity contribution in [2.24, 2.45) is 23.7 Å². The molecule has 1 fully saturated rings. The summed E-state index contributed by atoms with van der Waals surface area (Å²) in [5, 5.41) is 24.0. The molecule has 2 aliphatic heterocycles. The zero-order valence-corrected chi connectivity index (χ0v) is 27.7. The monoisotopic (exact) mass is 650 g/mol. The summed E-state index contributed by atoms with van der Waals surface area (Å²) in [5.41, 5.74) is 1.09. The average molecular weight is 651 g/mol. The first-order valence-corrected chi connectivity index (χ1v) is 16.2. The first kappa shape index (κ1) is 34.6. The molecule has 2 bridgehead atoms. The van der Waals surface area contributed by atoms with Gasteiger partial charge in [-0.05, 0) is 57.4 Å². The van der Waals surface area contributed by atoms with Crippen LogP contribution in [0, 0.1) is 23.7 Å². The summed E-state index contributed by atoms with van der Waals surface area (Å²) in [4.78, 5) is 42.2. The lowest BCUT2D eigenvalue weighted by Gasteiger charge is -2.41. The Hall–Kier alpha value is -3.77. The minimum Gasteiger partial charge on any atom is -0.457 e. The van der Waals surface area contributed by atoms with Crippen molar-refractivity contribution >= 4 is 23.5 Å². The molecule has 1 spiro atoms. The van der Waals surface area contributed by atoms with E-state index in [9.17, 15) is 24.6 Å². The summed E-state index contributed by atoms with van der Waals surface area (Å²) < 4.78 is 24.5. The zero-order chi connectivity index (χ0) is 34.0. The van der Waals surface area contributed by atoms with Gasteiger partial charge in [0.2, 0.25) is 0 Å². The SMILES string of the molecule is CO[C@H]1C[C@H]2C=CC3C[C@]2(O[C@H]3[C@H](OC(=O)c2cc(NC(=O)c3ccccc3)c[nH]2)[C@H](C)[C@H](C)O)/C(C)=C/[C@@H](C)[C@@H]([C@@H](C)O)OC1=O. The van der Waals surface area contributed by atoms with Crippen molar-refractivity contribution in [2.45, 2.75) is 89.7 Å². The van der Waals surface area contributed by atoms with E-state index in [0.717, 1.165) is 5.57 Å². The maximum atomic E-state index is 13.6. The summed E-state index contributed by atoms with van der Waals surface area (Å²) in [6.07, 6.45) is 3.61. The molecular formula is C36H46N2O9. The lowest BCUT2D eigenvalue weighted by molar-refractivity contribution is -0.172. The second kappa shape index (κ2) is 14.1. The van der Waals surface area contributed by atoms with Crippen molar-refractivity contribution in [3.63, 3.8) is 0 Å². The third-order valence-corrected chi connectivity index (χ3v) is 9.98. The molecule has 0 saturated carbocycles. The summed E-state index contributed by atoms with van der Waals surface area (Å²) in [7, 11) is 1.46. The molecule has 254 valence electrons. The Morgan fingerprint density at radius 3 is 2.49 bits per heavy atom. The molecule has 3 aliphatic rings. The minimum atomic E-state index is -0.907. The van der Waals surface area contributed by atoms with Crippen LogP contribution in [0.2, 0.25) is 0 Å². The molecule has 1 amide bonds. The van der Waals surface area contributed by atoms with Crippen LogP contribution in [0.15, 0.2) is 66.4 Å². The van der Waals surface area contributed by atoms with Crippen LogP contribution in [-0.2, 0) is 23.7 Å². The molecule has 1 saturated heterocycles. The second-order valence-electron chi connectivity index (χ2n) is 13.2. The molecular weight excluding hydrogens is 604 g/mol. The quantitative estimate of drug-likeness (QED) is 0.228. The molecule has 11 heteroatoms. The standard InChI is InChI=1S/C36H46N2O9/c1-19-14-20(2)36-17-25(12-13-26(36)15-29(44-6)35(43)45-30(19)23(5)40)32(47-36)31(21(3)22(4)39)46-34(42)28-16-27(18-37-28)38-33(41)24-10-8-7-9-11-24/h7-14,16,18-19,21-23,25-26,29-32,37,39-40H,15,17H2,1-6H3,(H,38,41)/b20-14+/t19-,21-,22+,23-,25?,26-,29+,30+,31-,32-,36+/m1/s1. The average Bonchev–Trinajstić information content (AvgIpc) is 3.64. The van der Waals surface area contributed by atoms with E-state index in [-0.39, 0.29) is 35.8 Å². The highest BCUT2D eigenvalue weighted by Crippen LogP contribution is 2.53. The van der Waals surface area contributed by atoms with E-state index >= 15 is 0 Å². The Morgan fingerprint density at radius 2 is 1.83 bits per heavy atom. The number of rotatable bonds is 9. The number of ether oxygens (including phenoxy) is 4. The molecule has 3 heterocycles. The number of amides is 1. The van der Waals surface area contributed by atoms with Crippen LogP contribution in [0.5, 0.6) is 0 Å². The number of aliphatic hydroxyl groups is 2. The van der Waals surface area contributed by atoms with Crippen molar-refractivity contribution in [3.05, 3.63) is 77.7 Å². The number of carbonyl (C=O) groups is 3. The van der Waals surface area contributed by atoms with Crippen LogP contribution in [-0.4, -0.2) is 82.4 Å². The Kier molecular flexibility index (Phi) is 10.4. The van der Waals surface area contributed by atoms with Gasteiger partial charge in [-0.3, -0.25) is 4.79 Å². The van der Waals surface area contributed by atoms with Gasteiger partial charge in [-0.15, -0.1) is 0 Å². The smallest absolute Gasteiger partial charge is 0.355 e. The van der Waals surface area contributed by atoms with Crippen molar-refractivity contribution < 1.29 is 43.5 Å². The van der Waals surface area contributed by atoms with Gasteiger partial charge in [0.25, 0.3) is 5.91 Å². The molecule has 4 N–H and O–H groups in total. The van der Waals surface area contributed by atoms with Crippen LogP contribution >= 0.6 is 0 Å². The number of fused-ring (bicyclic) bond motifs is 1. The molecule has 1 aromatic carbocycles. The number of nitrogens with one attached hydrogen (secondary N) is 2. The Bertz CT molecular complexity index is 1500. The first-order valence-electron chi connectivity index (χ1n) is 16.2. The van der Waals surface area contributed by atoms with E-state index in [4.69, 9.17) is 18.9 Å². The Morgan fingerprint density at radius 1 is 1.11 bits per heavy atom. The van der Waals surface area contributed by atoms with Gasteiger partial charge in [-0.2, -0.15) is 0 Å². The summed E-state index contributed by atoms with van der Waals surface area (Å²) in [6, 6.07) is 10.2. The number of methoxy groups -OCH3 is 1. The number of benzene rings is 1. The van der Waals surface area contributed by atoms with Crippen molar-refractivity contribution in [1.82, 2.24) is 4.98 Å². The van der Waals surface area contributed by atoms with Gasteiger partial charge in [-0.25, -0.2) is 9.59 Å². The minimum absolute atomic E-state index is 0.137. The molecule has 0 radical (unpaired) electrons. The van der Waals surface area contributed by atoms with E-state index in [1.54, 1.807) is 38.1 Å². The van der Waals surface area contributed by atoms with Gasteiger partial charge < -0.3 is 39.5 Å². The highest BCUT2D eigenvalue weighted by molar-refractivity contribution is 6.04. The number of aromatic amines is 1. The lowest BCUT2D eigenvalue weighted by atomic mass is 9.69. The molecule has 1 unspecified atom stereocenters. The molecule has 11 nitrogen and oxygen atoms in total. The largest absolute Gasteiger partial charge is 0.457 e. The number of hydrogen-bond acceptors (Lipinski definition) is 9. The number of carbonyl (C=O) groups excluding carboxylic acids is 3. The number of aromatic nitrogens is 1. The molecule has 1 aliphatic carbocycles. The highest BCUT2D eigenvalue weighted by Gasteiger charge is 2.57. The van der Waals surface area contributed by atoms with Crippen LogP contribution in [0.3, 0.4) is 0 Å². The number of aliphatic hydroxyl groups excluding tert-OH is 2. The van der Waals surface area contributed by atoms with Gasteiger partial charge in [0.05, 0.1) is 23.5 Å². The predicted octanol–water partition coefficient (Wildman–Crippen LogP) is 4.43. The number of hydrogen-bond donors (Lipinski definition) is 4. The van der Waals surface area contributed by atoms with Gasteiger partial charge in [-0.1, -0.05) is 50.3 Å². The van der Waals surface area contributed by atoms with E-state index in [1.165, 1.54) is 19.4 Å². The first-order chi connectivity index (χ1) is 22.3. The highest BCUT2D eigenvalue weighted by atomic mass is 16.6. The Balaban J connectivity index is 1.42. The number of esters is 2. The predicted molar refractivity (Wildman–Crippen MR) is 173 cm³/mol. The lowest BCUT2D eigenvalue weighted by Crippen LogP contribution is -2.47. The number of H-pyrrole nitrogens is 1. The summed E-state index contributed by atoms with van der Waals surface area (Å²) in [6.45, 7) is 8.93. The van der Waals surface area contributed by atoms with Gasteiger partial charge >= 0.3 is 11.9 Å². The van der Waals surface area contributed by atoms with Gasteiger partial charge in [0.1, 0.15) is 24.0 Å². The molecule has 47 heavy (non-hydrogen) atoms. The van der Waals surface area contributed by atoms with Gasteiger partial charge in [0.15, 0.2) is 6.10 Å². The van der Waals surface area contributed by atoms with Crippen LogP contribution < -0.4 is 5.32 Å². The van der Waals surface area contributed by atoms with Crippen molar-refractivity contribution in [2.75, 3.05) is 12.4 Å². The fourth-order valence-corrected chi connectivity index (χ4v) is 7.14. The van der Waals surface area contributed by atoms with E-state index < -0.39 is 60.1 Å². The van der Waals surface area contributed by atoms with Crippen LogP contribution in [0.25, 0.3) is 0 Å². The van der Waals surface area contributed by atoms with Crippen molar-refractivity contribution in [1.29, 1.82) is 0 Å². The third-order valence-electron chi connectivity index (χ3n) is 9.98. The van der Waals surface area contributed by atoms with E-state index in [0.29, 0.717) is 17.7 Å². The van der Waals surface area contributed by atoms with Crippen LogP contribution in [0.4, 0.5) is 5.69 Å². The molecule has 1 aromatic heterocycles. The molecule has 11 atom stereocenters. The number of anilines is 1. The summed E-state index contributed by atoms with van der Waals surface area (Å²) in [5.74, 6) is -2.75. The maximum Gasteiger partial charge on any atom is 0.355 e. The zero-order valence-electron chi connectivity index (χ0n) is 27.7. The topological polar surface area (TPSA) is 156 Å². The Labute approximate surface area is 275 Å². The van der Waals surface area contributed by atoms with Crippen molar-refractivity contribution in [3.8, 4) is 0 Å². The molecule has 5 rings (SSSR count).